The van der Waals surface area contributed by atoms with Crippen LogP contribution >= 0.6 is 23.2 Å². The second-order valence-electron chi connectivity index (χ2n) is 4.30. The number of carbonyl (C=O) groups is 1. The molecule has 0 amide bonds. The first-order chi connectivity index (χ1) is 9.04. The summed E-state index contributed by atoms with van der Waals surface area (Å²) in [4.78, 5) is 12.0. The summed E-state index contributed by atoms with van der Waals surface area (Å²) in [7, 11) is 0. The molecule has 0 aromatic heterocycles. The molecule has 0 bridgehead atoms. The Hall–Kier alpha value is -1.51. The zero-order chi connectivity index (χ0) is 13.8. The van der Waals surface area contributed by atoms with Crippen molar-refractivity contribution in [1.82, 2.24) is 0 Å². The Kier molecular flexibility index (Phi) is 4.46. The molecule has 0 radical (unpaired) electrons. The molecule has 0 fully saturated rings. The second kappa shape index (κ2) is 6.09. The highest BCUT2D eigenvalue weighted by Gasteiger charge is 2.07. The first-order valence-electron chi connectivity index (χ1n) is 5.84. The number of Topliss-reactive ketones (excluding diaryl/α,β-unsaturated/α-hetero) is 1. The van der Waals surface area contributed by atoms with Gasteiger partial charge in [0.2, 0.25) is 0 Å². The molecule has 2 nitrogen and oxygen atoms in total. The smallest absolute Gasteiger partial charge is 0.181 e. The van der Waals surface area contributed by atoms with Gasteiger partial charge < -0.3 is 5.32 Å². The topological polar surface area (TPSA) is 29.1 Å². The molecule has 2 rings (SSSR count). The Balaban J connectivity index is 2.03. The van der Waals surface area contributed by atoms with Gasteiger partial charge in [0.25, 0.3) is 0 Å². The Morgan fingerprint density at radius 2 is 1.63 bits per heavy atom. The summed E-state index contributed by atoms with van der Waals surface area (Å²) in [6.07, 6.45) is 0. The Labute approximate surface area is 122 Å². The summed E-state index contributed by atoms with van der Waals surface area (Å²) in [6, 6.07) is 12.7. The van der Waals surface area contributed by atoms with Crippen molar-refractivity contribution < 1.29 is 4.79 Å². The van der Waals surface area contributed by atoms with Crippen molar-refractivity contribution >= 4 is 34.7 Å². The Morgan fingerprint density at radius 1 is 1.05 bits per heavy atom. The molecule has 98 valence electrons. The molecule has 0 saturated carbocycles. The number of hydrogen-bond donors (Lipinski definition) is 1. The summed E-state index contributed by atoms with van der Waals surface area (Å²) in [5, 5.41) is 4.00. The number of hydrogen-bond acceptors (Lipinski definition) is 2. The minimum Gasteiger partial charge on any atom is -0.378 e. The largest absolute Gasteiger partial charge is 0.378 e. The van der Waals surface area contributed by atoms with Gasteiger partial charge in [-0.1, -0.05) is 40.9 Å². The molecule has 0 atom stereocenters. The van der Waals surface area contributed by atoms with E-state index in [9.17, 15) is 4.79 Å². The Morgan fingerprint density at radius 3 is 2.21 bits per heavy atom. The summed E-state index contributed by atoms with van der Waals surface area (Å²) in [5.41, 5.74) is 2.60. The highest BCUT2D eigenvalue weighted by molar-refractivity contribution is 6.35. The predicted octanol–water partition coefficient (Wildman–Crippen LogP) is 4.60. The van der Waals surface area contributed by atoms with E-state index in [0.717, 1.165) is 5.69 Å². The third-order valence-electron chi connectivity index (χ3n) is 2.69. The van der Waals surface area contributed by atoms with E-state index in [0.29, 0.717) is 15.6 Å². The number of nitrogens with one attached hydrogen (secondary N) is 1. The minimum absolute atomic E-state index is 0.0509. The number of halogens is 2. The lowest BCUT2D eigenvalue weighted by molar-refractivity contribution is 0.101. The van der Waals surface area contributed by atoms with E-state index in [1.807, 2.05) is 31.2 Å². The van der Waals surface area contributed by atoms with Crippen LogP contribution in [0.3, 0.4) is 0 Å². The van der Waals surface area contributed by atoms with Gasteiger partial charge in [-0.15, -0.1) is 0 Å². The fraction of sp³-hybridized carbons (Fsp3) is 0.133. The fourth-order valence-electron chi connectivity index (χ4n) is 1.67. The summed E-state index contributed by atoms with van der Waals surface area (Å²) < 4.78 is 0. The molecular formula is C15H13Cl2NO. The van der Waals surface area contributed by atoms with E-state index < -0.39 is 0 Å². The first kappa shape index (κ1) is 13.9. The molecule has 0 aliphatic rings. The zero-order valence-electron chi connectivity index (χ0n) is 10.4. The molecule has 2 aromatic rings. The van der Waals surface area contributed by atoms with Crippen LogP contribution in [0.25, 0.3) is 0 Å². The number of aryl methyl sites for hydroxylation is 1. The van der Waals surface area contributed by atoms with E-state index >= 15 is 0 Å². The van der Waals surface area contributed by atoms with Crippen molar-refractivity contribution in [3.8, 4) is 0 Å². The van der Waals surface area contributed by atoms with Crippen molar-refractivity contribution in [2.75, 3.05) is 11.9 Å². The van der Waals surface area contributed by atoms with E-state index in [2.05, 4.69) is 5.32 Å². The van der Waals surface area contributed by atoms with Crippen LogP contribution in [0.15, 0.2) is 42.5 Å². The van der Waals surface area contributed by atoms with E-state index in [4.69, 9.17) is 23.2 Å². The van der Waals surface area contributed by atoms with Crippen molar-refractivity contribution in [2.24, 2.45) is 0 Å². The van der Waals surface area contributed by atoms with Gasteiger partial charge in [0.05, 0.1) is 6.54 Å². The molecular weight excluding hydrogens is 281 g/mol. The average molecular weight is 294 g/mol. The van der Waals surface area contributed by atoms with Crippen LogP contribution in [0, 0.1) is 6.92 Å². The number of benzene rings is 2. The number of ketones is 1. The van der Waals surface area contributed by atoms with Gasteiger partial charge in [-0.2, -0.15) is 0 Å². The molecule has 0 aliphatic carbocycles. The van der Waals surface area contributed by atoms with Crippen LogP contribution in [-0.2, 0) is 0 Å². The highest BCUT2D eigenvalue weighted by atomic mass is 35.5. The fourth-order valence-corrected chi connectivity index (χ4v) is 2.20. The molecule has 0 aliphatic heterocycles. The van der Waals surface area contributed by atoms with Crippen LogP contribution in [0.1, 0.15) is 15.9 Å². The second-order valence-corrected chi connectivity index (χ2v) is 5.17. The molecule has 0 unspecified atom stereocenters. The van der Waals surface area contributed by atoms with Gasteiger partial charge in [0.15, 0.2) is 5.78 Å². The van der Waals surface area contributed by atoms with Crippen LogP contribution in [-0.4, -0.2) is 12.3 Å². The van der Waals surface area contributed by atoms with Gasteiger partial charge in [-0.05, 0) is 37.3 Å². The predicted molar refractivity (Wildman–Crippen MR) is 80.5 cm³/mol. The van der Waals surface area contributed by atoms with Crippen molar-refractivity contribution in [3.05, 3.63) is 63.6 Å². The number of rotatable bonds is 4. The number of anilines is 1. The van der Waals surface area contributed by atoms with Gasteiger partial charge in [-0.25, -0.2) is 0 Å². The standard InChI is InChI=1S/C15H13Cl2NO/c1-10-2-4-14(5-3-10)18-9-15(19)11-6-12(16)8-13(17)7-11/h2-8,18H,9H2,1H3. The summed E-state index contributed by atoms with van der Waals surface area (Å²) >= 11 is 11.7. The first-order valence-corrected chi connectivity index (χ1v) is 6.60. The van der Waals surface area contributed by atoms with Crippen molar-refractivity contribution in [2.45, 2.75) is 6.92 Å². The molecule has 0 heterocycles. The van der Waals surface area contributed by atoms with Gasteiger partial charge in [0, 0.05) is 21.3 Å². The van der Waals surface area contributed by atoms with Crippen LogP contribution < -0.4 is 5.32 Å². The third-order valence-corrected chi connectivity index (χ3v) is 3.13. The summed E-state index contributed by atoms with van der Waals surface area (Å²) in [6.45, 7) is 2.22. The summed E-state index contributed by atoms with van der Waals surface area (Å²) in [5.74, 6) is -0.0509. The zero-order valence-corrected chi connectivity index (χ0v) is 11.9. The SMILES string of the molecule is Cc1ccc(NCC(=O)c2cc(Cl)cc(Cl)c2)cc1. The molecule has 0 spiro atoms. The number of carbonyl (C=O) groups excluding carboxylic acids is 1. The normalized spacial score (nSPS) is 10.3. The van der Waals surface area contributed by atoms with Gasteiger partial charge in [0.1, 0.15) is 0 Å². The molecule has 0 saturated heterocycles. The quantitative estimate of drug-likeness (QED) is 0.835. The van der Waals surface area contributed by atoms with Gasteiger partial charge in [-0.3, -0.25) is 4.79 Å². The Bertz CT molecular complexity index is 573. The van der Waals surface area contributed by atoms with Crippen LogP contribution in [0.5, 0.6) is 0 Å². The third kappa shape index (κ3) is 3.98. The highest BCUT2D eigenvalue weighted by Crippen LogP contribution is 2.19. The van der Waals surface area contributed by atoms with Crippen LogP contribution in [0.2, 0.25) is 10.0 Å². The lowest BCUT2D eigenvalue weighted by Gasteiger charge is -2.07. The minimum atomic E-state index is -0.0509. The average Bonchev–Trinajstić information content (AvgIpc) is 2.36. The van der Waals surface area contributed by atoms with E-state index in [1.54, 1.807) is 18.2 Å². The molecule has 19 heavy (non-hydrogen) atoms. The maximum absolute atomic E-state index is 12.0. The molecule has 2 aromatic carbocycles. The van der Waals surface area contributed by atoms with Crippen molar-refractivity contribution in [3.63, 3.8) is 0 Å². The van der Waals surface area contributed by atoms with Gasteiger partial charge >= 0.3 is 0 Å². The lowest BCUT2D eigenvalue weighted by Crippen LogP contribution is -2.13. The molecule has 1 N–H and O–H groups in total. The molecule has 4 heteroatoms. The van der Waals surface area contributed by atoms with Crippen molar-refractivity contribution in [1.29, 1.82) is 0 Å². The maximum Gasteiger partial charge on any atom is 0.181 e. The maximum atomic E-state index is 12.0. The lowest BCUT2D eigenvalue weighted by atomic mass is 10.1. The monoisotopic (exact) mass is 293 g/mol. The van der Waals surface area contributed by atoms with Crippen LogP contribution in [0.4, 0.5) is 5.69 Å². The van der Waals surface area contributed by atoms with E-state index in [-0.39, 0.29) is 12.3 Å². The van der Waals surface area contributed by atoms with E-state index in [1.165, 1.54) is 5.56 Å².